The molecular weight excluding hydrogens is 266 g/mol. The van der Waals surface area contributed by atoms with E-state index in [-0.39, 0.29) is 6.61 Å². The van der Waals surface area contributed by atoms with E-state index in [4.69, 9.17) is 9.84 Å². The Balaban J connectivity index is 1.68. The van der Waals surface area contributed by atoms with E-state index in [0.29, 0.717) is 6.61 Å². The van der Waals surface area contributed by atoms with Gasteiger partial charge in [0.1, 0.15) is 25.0 Å². The van der Waals surface area contributed by atoms with E-state index in [2.05, 4.69) is 10.1 Å². The maximum atomic E-state index is 9.01. The number of aliphatic hydroxyl groups excluding tert-OH is 1. The van der Waals surface area contributed by atoms with Gasteiger partial charge in [0.2, 0.25) is 0 Å². The Hall–Kier alpha value is -2.66. The Bertz CT molecular complexity index is 694. The molecule has 0 unspecified atom stereocenters. The molecule has 5 nitrogen and oxygen atoms in total. The first-order chi connectivity index (χ1) is 10.3. The summed E-state index contributed by atoms with van der Waals surface area (Å²) < 4.78 is 7.46. The number of aromatic nitrogens is 3. The van der Waals surface area contributed by atoms with Crippen molar-refractivity contribution >= 4 is 0 Å². The summed E-state index contributed by atoms with van der Waals surface area (Å²) in [5, 5.41) is 13.1. The van der Waals surface area contributed by atoms with Gasteiger partial charge in [-0.15, -0.1) is 0 Å². The van der Waals surface area contributed by atoms with Crippen LogP contribution in [0, 0.1) is 0 Å². The van der Waals surface area contributed by atoms with Crippen LogP contribution in [-0.4, -0.2) is 19.9 Å². The van der Waals surface area contributed by atoms with Crippen LogP contribution in [-0.2, 0) is 13.2 Å². The summed E-state index contributed by atoms with van der Waals surface area (Å²) in [5.74, 6) is 0.772. The highest BCUT2D eigenvalue weighted by molar-refractivity contribution is 5.38. The fraction of sp³-hybridized carbons (Fsp3) is 0.125. The minimum atomic E-state index is 0.0566. The summed E-state index contributed by atoms with van der Waals surface area (Å²) in [6, 6.07) is 15.4. The summed E-state index contributed by atoms with van der Waals surface area (Å²) >= 11 is 0. The van der Waals surface area contributed by atoms with Crippen LogP contribution in [0.15, 0.2) is 61.2 Å². The molecule has 0 amide bonds. The van der Waals surface area contributed by atoms with Crippen molar-refractivity contribution in [2.75, 3.05) is 0 Å². The molecule has 1 heterocycles. The molecule has 0 aliphatic carbocycles. The Labute approximate surface area is 122 Å². The molecule has 0 radical (unpaired) electrons. The van der Waals surface area contributed by atoms with E-state index in [1.807, 2.05) is 48.5 Å². The first kappa shape index (κ1) is 13.3. The molecule has 1 aromatic heterocycles. The third-order valence-electron chi connectivity index (χ3n) is 3.11. The van der Waals surface area contributed by atoms with E-state index in [0.717, 1.165) is 22.6 Å². The molecule has 106 valence electrons. The molecule has 0 spiro atoms. The normalized spacial score (nSPS) is 10.5. The fourth-order valence-corrected chi connectivity index (χ4v) is 1.96. The van der Waals surface area contributed by atoms with E-state index < -0.39 is 0 Å². The lowest BCUT2D eigenvalue weighted by Gasteiger charge is -2.08. The average molecular weight is 281 g/mol. The molecule has 3 aromatic rings. The topological polar surface area (TPSA) is 60.2 Å². The lowest BCUT2D eigenvalue weighted by Crippen LogP contribution is -1.98. The van der Waals surface area contributed by atoms with Crippen LogP contribution >= 0.6 is 0 Å². The van der Waals surface area contributed by atoms with Gasteiger partial charge < -0.3 is 9.84 Å². The minimum Gasteiger partial charge on any atom is -0.489 e. The standard InChI is InChI=1S/C16H15N3O2/c20-9-13-4-6-14(7-5-13)10-21-16-3-1-2-15(8-16)19-12-17-11-18-19/h1-8,11-12,20H,9-10H2. The van der Waals surface area contributed by atoms with Crippen LogP contribution in [0.3, 0.4) is 0 Å². The zero-order chi connectivity index (χ0) is 14.5. The zero-order valence-corrected chi connectivity index (χ0v) is 11.4. The molecule has 1 N–H and O–H groups in total. The van der Waals surface area contributed by atoms with E-state index in [9.17, 15) is 0 Å². The number of nitrogens with zero attached hydrogens (tertiary/aromatic N) is 3. The van der Waals surface area contributed by atoms with Crippen molar-refractivity contribution in [2.45, 2.75) is 13.2 Å². The van der Waals surface area contributed by atoms with Gasteiger partial charge in [0.05, 0.1) is 12.3 Å². The van der Waals surface area contributed by atoms with Crippen molar-refractivity contribution in [3.63, 3.8) is 0 Å². The van der Waals surface area contributed by atoms with Gasteiger partial charge in [0, 0.05) is 6.07 Å². The summed E-state index contributed by atoms with van der Waals surface area (Å²) in [4.78, 5) is 3.93. The number of ether oxygens (including phenoxy) is 1. The quantitative estimate of drug-likeness (QED) is 0.779. The molecule has 0 fully saturated rings. The van der Waals surface area contributed by atoms with Gasteiger partial charge in [-0.3, -0.25) is 0 Å². The monoisotopic (exact) mass is 281 g/mol. The van der Waals surface area contributed by atoms with Gasteiger partial charge in [-0.25, -0.2) is 9.67 Å². The zero-order valence-electron chi connectivity index (χ0n) is 11.4. The molecule has 0 saturated carbocycles. The molecule has 0 bridgehead atoms. The molecule has 0 atom stereocenters. The molecular formula is C16H15N3O2. The summed E-state index contributed by atoms with van der Waals surface area (Å²) in [5.41, 5.74) is 2.85. The van der Waals surface area contributed by atoms with Crippen molar-refractivity contribution in [3.8, 4) is 11.4 Å². The van der Waals surface area contributed by atoms with Crippen molar-refractivity contribution in [2.24, 2.45) is 0 Å². The number of benzene rings is 2. The second kappa shape index (κ2) is 6.19. The van der Waals surface area contributed by atoms with Gasteiger partial charge in [-0.2, -0.15) is 5.10 Å². The average Bonchev–Trinajstić information content (AvgIpc) is 3.08. The van der Waals surface area contributed by atoms with Crippen LogP contribution in [0.4, 0.5) is 0 Å². The van der Waals surface area contributed by atoms with Crippen LogP contribution in [0.1, 0.15) is 11.1 Å². The summed E-state index contributed by atoms with van der Waals surface area (Å²) in [6.45, 7) is 0.535. The van der Waals surface area contributed by atoms with Crippen molar-refractivity contribution in [3.05, 3.63) is 72.3 Å². The Morgan fingerprint density at radius 1 is 1.05 bits per heavy atom. The van der Waals surface area contributed by atoms with Gasteiger partial charge in [-0.05, 0) is 23.3 Å². The highest BCUT2D eigenvalue weighted by Crippen LogP contribution is 2.17. The highest BCUT2D eigenvalue weighted by Gasteiger charge is 2.01. The summed E-state index contributed by atoms with van der Waals surface area (Å²) in [7, 11) is 0. The maximum absolute atomic E-state index is 9.01. The largest absolute Gasteiger partial charge is 0.489 e. The van der Waals surface area contributed by atoms with Crippen LogP contribution in [0.25, 0.3) is 5.69 Å². The molecule has 3 rings (SSSR count). The Kier molecular flexibility index (Phi) is 3.93. The molecule has 0 aliphatic heterocycles. The molecule has 5 heteroatoms. The smallest absolute Gasteiger partial charge is 0.138 e. The second-order valence-electron chi connectivity index (χ2n) is 4.60. The van der Waals surface area contributed by atoms with Gasteiger partial charge in [0.15, 0.2) is 0 Å². The van der Waals surface area contributed by atoms with Crippen LogP contribution in [0.2, 0.25) is 0 Å². The van der Waals surface area contributed by atoms with E-state index in [1.54, 1.807) is 11.0 Å². The van der Waals surface area contributed by atoms with Crippen LogP contribution < -0.4 is 4.74 Å². The first-order valence-electron chi connectivity index (χ1n) is 6.62. The Morgan fingerprint density at radius 2 is 1.86 bits per heavy atom. The summed E-state index contributed by atoms with van der Waals surface area (Å²) in [6.07, 6.45) is 3.14. The second-order valence-corrected chi connectivity index (χ2v) is 4.60. The fourth-order valence-electron chi connectivity index (χ4n) is 1.96. The molecule has 21 heavy (non-hydrogen) atoms. The first-order valence-corrected chi connectivity index (χ1v) is 6.62. The lowest BCUT2D eigenvalue weighted by atomic mass is 10.1. The minimum absolute atomic E-state index is 0.0566. The van der Waals surface area contributed by atoms with Gasteiger partial charge >= 0.3 is 0 Å². The number of rotatable bonds is 5. The van der Waals surface area contributed by atoms with Crippen molar-refractivity contribution < 1.29 is 9.84 Å². The number of hydrogen-bond acceptors (Lipinski definition) is 4. The number of hydrogen-bond donors (Lipinski definition) is 1. The van der Waals surface area contributed by atoms with Gasteiger partial charge in [-0.1, -0.05) is 30.3 Å². The van der Waals surface area contributed by atoms with Crippen molar-refractivity contribution in [1.29, 1.82) is 0 Å². The van der Waals surface area contributed by atoms with E-state index in [1.165, 1.54) is 6.33 Å². The molecule has 0 saturated heterocycles. The van der Waals surface area contributed by atoms with Gasteiger partial charge in [0.25, 0.3) is 0 Å². The van der Waals surface area contributed by atoms with Crippen molar-refractivity contribution in [1.82, 2.24) is 14.8 Å². The maximum Gasteiger partial charge on any atom is 0.138 e. The highest BCUT2D eigenvalue weighted by atomic mass is 16.5. The lowest BCUT2D eigenvalue weighted by molar-refractivity contribution is 0.281. The van der Waals surface area contributed by atoms with Crippen LogP contribution in [0.5, 0.6) is 5.75 Å². The SMILES string of the molecule is OCc1ccc(COc2cccc(-n3cncn3)c2)cc1. The Morgan fingerprint density at radius 3 is 2.57 bits per heavy atom. The predicted molar refractivity (Wildman–Crippen MR) is 78.1 cm³/mol. The predicted octanol–water partition coefficient (Wildman–Crippen LogP) is 2.34. The molecule has 2 aromatic carbocycles. The third-order valence-corrected chi connectivity index (χ3v) is 3.11. The third kappa shape index (κ3) is 3.27. The van der Waals surface area contributed by atoms with E-state index >= 15 is 0 Å². The number of aliphatic hydroxyl groups is 1. The molecule has 0 aliphatic rings.